The Morgan fingerprint density at radius 1 is 1.57 bits per heavy atom. The number of carbonyl (C=O) groups is 1. The summed E-state index contributed by atoms with van der Waals surface area (Å²) < 4.78 is 5.11. The van der Waals surface area contributed by atoms with Crippen LogP contribution in [0, 0.1) is 5.92 Å². The quantitative estimate of drug-likeness (QED) is 0.494. The first-order valence-corrected chi connectivity index (χ1v) is 4.99. The van der Waals surface area contributed by atoms with Crippen LogP contribution in [0.2, 0.25) is 0 Å². The third kappa shape index (κ3) is 4.43. The lowest BCUT2D eigenvalue weighted by Gasteiger charge is -2.16. The summed E-state index contributed by atoms with van der Waals surface area (Å²) in [6, 6.07) is -0.0452. The normalized spacial score (nSPS) is 17.8. The van der Waals surface area contributed by atoms with Gasteiger partial charge in [0, 0.05) is 26.2 Å². The fraction of sp³-hybridized carbons (Fsp3) is 0.889. The highest BCUT2D eigenvalue weighted by molar-refractivity contribution is 5.71. The van der Waals surface area contributed by atoms with E-state index in [1.54, 1.807) is 7.11 Å². The molecule has 0 aliphatic heterocycles. The lowest BCUT2D eigenvalue weighted by Crippen LogP contribution is -2.41. The Bertz CT molecular complexity index is 183. The van der Waals surface area contributed by atoms with Crippen molar-refractivity contribution in [3.63, 3.8) is 0 Å². The number of ether oxygens (including phenoxy) is 1. The van der Waals surface area contributed by atoms with Crippen LogP contribution in [-0.4, -0.2) is 38.9 Å². The summed E-state index contributed by atoms with van der Waals surface area (Å²) in [6.07, 6.45) is 2.56. The smallest absolute Gasteiger partial charge is 0.312 e. The molecule has 1 aliphatic carbocycles. The topological polar surface area (TPSA) is 76.4 Å². The van der Waals surface area contributed by atoms with Crippen LogP contribution in [0.3, 0.4) is 0 Å². The first-order valence-electron chi connectivity index (χ1n) is 4.99. The van der Waals surface area contributed by atoms with E-state index in [9.17, 15) is 4.79 Å². The van der Waals surface area contributed by atoms with Crippen LogP contribution in [0.4, 0.5) is 4.79 Å². The van der Waals surface area contributed by atoms with Crippen LogP contribution in [0.25, 0.3) is 0 Å². The second-order valence-corrected chi connectivity index (χ2v) is 3.64. The molecule has 0 aromatic rings. The van der Waals surface area contributed by atoms with Gasteiger partial charge in [-0.25, -0.2) is 4.79 Å². The van der Waals surface area contributed by atoms with Gasteiger partial charge in [0.1, 0.15) is 0 Å². The molecule has 1 aliphatic rings. The van der Waals surface area contributed by atoms with Crippen LogP contribution in [0.1, 0.15) is 12.8 Å². The fourth-order valence-corrected chi connectivity index (χ4v) is 1.48. The SMILES string of the molecule is COCC(NCCNC(N)=O)C1CC1. The molecule has 1 saturated carbocycles. The first-order chi connectivity index (χ1) is 6.74. The van der Waals surface area contributed by atoms with Crippen LogP contribution in [0.5, 0.6) is 0 Å². The van der Waals surface area contributed by atoms with Crippen molar-refractivity contribution in [2.75, 3.05) is 26.8 Å². The molecule has 0 spiro atoms. The molecule has 0 heterocycles. The van der Waals surface area contributed by atoms with E-state index in [1.807, 2.05) is 0 Å². The highest BCUT2D eigenvalue weighted by Crippen LogP contribution is 2.32. The van der Waals surface area contributed by atoms with Crippen LogP contribution < -0.4 is 16.4 Å². The number of nitrogens with one attached hydrogen (secondary N) is 2. The van der Waals surface area contributed by atoms with Crippen LogP contribution >= 0.6 is 0 Å². The van der Waals surface area contributed by atoms with Crippen LogP contribution in [0.15, 0.2) is 0 Å². The predicted molar refractivity (Wildman–Crippen MR) is 54.0 cm³/mol. The third-order valence-electron chi connectivity index (χ3n) is 2.37. The Hall–Kier alpha value is -0.810. The number of amides is 2. The number of urea groups is 1. The summed E-state index contributed by atoms with van der Waals surface area (Å²) in [6.45, 7) is 2.05. The molecule has 2 amide bonds. The highest BCUT2D eigenvalue weighted by atomic mass is 16.5. The van der Waals surface area contributed by atoms with Gasteiger partial charge < -0.3 is 21.1 Å². The molecule has 82 valence electrons. The van der Waals surface area contributed by atoms with E-state index in [4.69, 9.17) is 10.5 Å². The average molecular weight is 201 g/mol. The van der Waals surface area contributed by atoms with Crippen molar-refractivity contribution in [1.82, 2.24) is 10.6 Å². The zero-order valence-corrected chi connectivity index (χ0v) is 8.58. The molecule has 0 bridgehead atoms. The summed E-state index contributed by atoms with van der Waals surface area (Å²) in [4.78, 5) is 10.4. The van der Waals surface area contributed by atoms with Gasteiger partial charge in [-0.3, -0.25) is 0 Å². The third-order valence-corrected chi connectivity index (χ3v) is 2.37. The molecule has 0 saturated heterocycles. The Morgan fingerprint density at radius 3 is 2.79 bits per heavy atom. The Kier molecular flexibility index (Phi) is 4.69. The summed E-state index contributed by atoms with van der Waals surface area (Å²) in [5.41, 5.74) is 4.94. The molecule has 0 aromatic carbocycles. The van der Waals surface area contributed by atoms with Gasteiger partial charge in [0.15, 0.2) is 0 Å². The number of hydrogen-bond donors (Lipinski definition) is 3. The molecule has 14 heavy (non-hydrogen) atoms. The van der Waals surface area contributed by atoms with Crippen molar-refractivity contribution in [3.05, 3.63) is 0 Å². The standard InChI is InChI=1S/C9H19N3O2/c1-14-6-8(7-2-3-7)11-4-5-12-9(10)13/h7-8,11H,2-6H2,1H3,(H3,10,12,13). The number of carbonyl (C=O) groups excluding carboxylic acids is 1. The minimum absolute atomic E-state index is 0.426. The minimum Gasteiger partial charge on any atom is -0.383 e. The maximum Gasteiger partial charge on any atom is 0.312 e. The van der Waals surface area contributed by atoms with Crippen LogP contribution in [-0.2, 0) is 4.74 Å². The number of rotatable bonds is 7. The van der Waals surface area contributed by atoms with Gasteiger partial charge in [0.2, 0.25) is 0 Å². The molecule has 1 rings (SSSR count). The van der Waals surface area contributed by atoms with Gasteiger partial charge in [-0.15, -0.1) is 0 Å². The van der Waals surface area contributed by atoms with E-state index in [0.29, 0.717) is 12.6 Å². The van der Waals surface area contributed by atoms with Crippen molar-refractivity contribution >= 4 is 6.03 Å². The summed E-state index contributed by atoms with van der Waals surface area (Å²) in [7, 11) is 1.71. The van der Waals surface area contributed by atoms with Crippen molar-refractivity contribution in [3.8, 4) is 0 Å². The van der Waals surface area contributed by atoms with E-state index < -0.39 is 6.03 Å². The zero-order valence-electron chi connectivity index (χ0n) is 8.58. The maximum atomic E-state index is 10.4. The van der Waals surface area contributed by atoms with Gasteiger partial charge in [-0.05, 0) is 18.8 Å². The summed E-state index contributed by atoms with van der Waals surface area (Å²) in [5, 5.41) is 5.88. The van der Waals surface area contributed by atoms with Gasteiger partial charge in [-0.2, -0.15) is 0 Å². The molecule has 5 nitrogen and oxygen atoms in total. The van der Waals surface area contributed by atoms with E-state index in [1.165, 1.54) is 12.8 Å². The monoisotopic (exact) mass is 201 g/mol. The van der Waals surface area contributed by atoms with Crippen molar-refractivity contribution in [1.29, 1.82) is 0 Å². The van der Waals surface area contributed by atoms with Gasteiger partial charge in [-0.1, -0.05) is 0 Å². The Labute approximate surface area is 84.4 Å². The number of hydrogen-bond acceptors (Lipinski definition) is 3. The molecule has 1 atom stereocenters. The van der Waals surface area contributed by atoms with E-state index in [0.717, 1.165) is 19.1 Å². The van der Waals surface area contributed by atoms with Crippen molar-refractivity contribution in [2.24, 2.45) is 11.7 Å². The first kappa shape index (κ1) is 11.3. The molecular weight excluding hydrogens is 182 g/mol. The molecule has 4 N–H and O–H groups in total. The second kappa shape index (κ2) is 5.82. The minimum atomic E-state index is -0.471. The Balaban J connectivity index is 2.04. The molecule has 0 radical (unpaired) electrons. The largest absolute Gasteiger partial charge is 0.383 e. The zero-order chi connectivity index (χ0) is 10.4. The van der Waals surface area contributed by atoms with E-state index in [2.05, 4.69) is 10.6 Å². The second-order valence-electron chi connectivity index (χ2n) is 3.64. The van der Waals surface area contributed by atoms with E-state index >= 15 is 0 Å². The molecule has 1 unspecified atom stereocenters. The number of methoxy groups -OCH3 is 1. The van der Waals surface area contributed by atoms with E-state index in [-0.39, 0.29) is 0 Å². The molecule has 1 fully saturated rings. The molecule has 0 aromatic heterocycles. The number of nitrogens with two attached hydrogens (primary N) is 1. The lowest BCUT2D eigenvalue weighted by atomic mass is 10.2. The van der Waals surface area contributed by atoms with Gasteiger partial charge in [0.25, 0.3) is 0 Å². The molecular formula is C9H19N3O2. The molecule has 5 heteroatoms. The number of primary amides is 1. The van der Waals surface area contributed by atoms with Gasteiger partial charge >= 0.3 is 6.03 Å². The maximum absolute atomic E-state index is 10.4. The van der Waals surface area contributed by atoms with Crippen molar-refractivity contribution in [2.45, 2.75) is 18.9 Å². The predicted octanol–water partition coefficient (Wildman–Crippen LogP) is -0.331. The van der Waals surface area contributed by atoms with Gasteiger partial charge in [0.05, 0.1) is 6.61 Å². The lowest BCUT2D eigenvalue weighted by molar-refractivity contribution is 0.158. The fourth-order valence-electron chi connectivity index (χ4n) is 1.48. The summed E-state index contributed by atoms with van der Waals surface area (Å²) >= 11 is 0. The van der Waals surface area contributed by atoms with Crippen molar-refractivity contribution < 1.29 is 9.53 Å². The Morgan fingerprint density at radius 2 is 2.29 bits per heavy atom. The summed E-state index contributed by atoms with van der Waals surface area (Å²) in [5.74, 6) is 0.753. The average Bonchev–Trinajstić information content (AvgIpc) is 2.93. The highest BCUT2D eigenvalue weighted by Gasteiger charge is 2.30.